The van der Waals surface area contributed by atoms with Crippen molar-refractivity contribution in [1.29, 1.82) is 0 Å². The molecule has 19 heteroatoms. The molecular weight excluding hydrogens is 1210 g/mol. The Bertz CT molecular complexity index is 1900. The smallest absolute Gasteiger partial charge is 0.462 e. The molecular formula is C73H136O17P2. The predicted octanol–water partition coefficient (Wildman–Crippen LogP) is 20.8. The van der Waals surface area contributed by atoms with Gasteiger partial charge < -0.3 is 33.8 Å². The average Bonchev–Trinajstić information content (AvgIpc) is 2.55. The van der Waals surface area contributed by atoms with Gasteiger partial charge in [-0.3, -0.25) is 37.3 Å². The summed E-state index contributed by atoms with van der Waals surface area (Å²) in [4.78, 5) is 72.6. The fraction of sp³-hybridized carbons (Fsp3) is 0.863. The summed E-state index contributed by atoms with van der Waals surface area (Å²) in [5.74, 6) is -2.15. The van der Waals surface area contributed by atoms with E-state index in [-0.39, 0.29) is 25.7 Å². The van der Waals surface area contributed by atoms with Crippen LogP contribution in [0.3, 0.4) is 0 Å². The lowest BCUT2D eigenvalue weighted by Crippen LogP contribution is -2.30. The van der Waals surface area contributed by atoms with Crippen molar-refractivity contribution in [2.75, 3.05) is 39.6 Å². The van der Waals surface area contributed by atoms with Gasteiger partial charge in [-0.25, -0.2) is 9.13 Å². The average molecular weight is 1350 g/mol. The quantitative estimate of drug-likeness (QED) is 0.0169. The van der Waals surface area contributed by atoms with E-state index in [1.165, 1.54) is 148 Å². The SMILES string of the molecule is CC/C=C\C/C=C\C/C=C\CCCCCCCC(=O)OCC(COP(=O)(O)OCC(O)COP(=O)(O)OCC(COC(=O)CCCCCCCCCCCCCCCCC)OC(=O)CCCCCCCCCCCCC)OC(=O)CCCCCCCCCCCCC. The van der Waals surface area contributed by atoms with Crippen LogP contribution >= 0.6 is 15.6 Å². The van der Waals surface area contributed by atoms with Crippen LogP contribution in [-0.4, -0.2) is 96.7 Å². The molecule has 540 valence electrons. The van der Waals surface area contributed by atoms with Crippen molar-refractivity contribution in [3.63, 3.8) is 0 Å². The van der Waals surface area contributed by atoms with Crippen molar-refractivity contribution >= 4 is 39.5 Å². The minimum absolute atomic E-state index is 0.0987. The summed E-state index contributed by atoms with van der Waals surface area (Å²) in [6.07, 6.45) is 60.0. The number of hydrogen-bond donors (Lipinski definition) is 3. The molecule has 17 nitrogen and oxygen atoms in total. The van der Waals surface area contributed by atoms with Crippen molar-refractivity contribution in [3.05, 3.63) is 36.5 Å². The largest absolute Gasteiger partial charge is 0.472 e. The lowest BCUT2D eigenvalue weighted by atomic mass is 10.0. The number of unbranched alkanes of at least 4 members (excludes halogenated alkanes) is 39. The van der Waals surface area contributed by atoms with Gasteiger partial charge in [0.1, 0.15) is 19.3 Å². The van der Waals surface area contributed by atoms with Gasteiger partial charge in [-0.2, -0.15) is 0 Å². The minimum Gasteiger partial charge on any atom is -0.462 e. The number of phosphoric acid groups is 2. The molecule has 0 aromatic rings. The first-order valence-electron chi connectivity index (χ1n) is 37.2. The van der Waals surface area contributed by atoms with E-state index in [4.69, 9.17) is 37.0 Å². The molecule has 0 radical (unpaired) electrons. The fourth-order valence-electron chi connectivity index (χ4n) is 10.5. The molecule has 0 aliphatic rings. The van der Waals surface area contributed by atoms with E-state index in [1.807, 2.05) is 0 Å². The zero-order valence-corrected chi connectivity index (χ0v) is 60.5. The number of rotatable bonds is 71. The van der Waals surface area contributed by atoms with E-state index in [2.05, 4.69) is 64.2 Å². The first kappa shape index (κ1) is 89.3. The molecule has 3 N–H and O–H groups in total. The number of carbonyl (C=O) groups excluding carboxylic acids is 4. The first-order chi connectivity index (χ1) is 44.7. The molecule has 0 rings (SSSR count). The third-order valence-electron chi connectivity index (χ3n) is 16.1. The van der Waals surface area contributed by atoms with E-state index >= 15 is 0 Å². The van der Waals surface area contributed by atoms with Crippen LogP contribution in [0.1, 0.15) is 349 Å². The fourth-order valence-corrected chi connectivity index (χ4v) is 12.1. The summed E-state index contributed by atoms with van der Waals surface area (Å²) in [5, 5.41) is 10.6. The number of ether oxygens (including phenoxy) is 4. The zero-order chi connectivity index (χ0) is 67.5. The zero-order valence-electron chi connectivity index (χ0n) is 58.7. The van der Waals surface area contributed by atoms with Gasteiger partial charge in [0.25, 0.3) is 0 Å². The number of allylic oxidation sites excluding steroid dienone is 6. The van der Waals surface area contributed by atoms with Gasteiger partial charge >= 0.3 is 39.5 Å². The van der Waals surface area contributed by atoms with Crippen LogP contribution in [0.25, 0.3) is 0 Å². The second kappa shape index (κ2) is 66.9. The van der Waals surface area contributed by atoms with Crippen LogP contribution in [0.15, 0.2) is 36.5 Å². The molecule has 0 bridgehead atoms. The molecule has 0 saturated carbocycles. The summed E-state index contributed by atoms with van der Waals surface area (Å²) in [6.45, 7) is 4.79. The molecule has 0 fully saturated rings. The predicted molar refractivity (Wildman–Crippen MR) is 372 cm³/mol. The second-order valence-corrected chi connectivity index (χ2v) is 28.1. The number of aliphatic hydroxyl groups is 1. The Morgan fingerprint density at radius 1 is 0.315 bits per heavy atom. The number of esters is 4. The normalized spacial score (nSPS) is 14.2. The van der Waals surface area contributed by atoms with Crippen LogP contribution in [0, 0.1) is 0 Å². The highest BCUT2D eigenvalue weighted by Gasteiger charge is 2.30. The van der Waals surface area contributed by atoms with Crippen molar-refractivity contribution in [3.8, 4) is 0 Å². The maximum Gasteiger partial charge on any atom is 0.472 e. The lowest BCUT2D eigenvalue weighted by Gasteiger charge is -2.21. The van der Waals surface area contributed by atoms with Gasteiger partial charge in [-0.1, -0.05) is 302 Å². The van der Waals surface area contributed by atoms with Crippen LogP contribution in [-0.2, 0) is 65.4 Å². The minimum atomic E-state index is -4.96. The molecule has 5 unspecified atom stereocenters. The monoisotopic (exact) mass is 1350 g/mol. The third-order valence-corrected chi connectivity index (χ3v) is 18.1. The number of carbonyl (C=O) groups is 4. The van der Waals surface area contributed by atoms with Gasteiger partial charge in [-0.15, -0.1) is 0 Å². The summed E-state index contributed by atoms with van der Waals surface area (Å²) in [7, 11) is -9.92. The summed E-state index contributed by atoms with van der Waals surface area (Å²) >= 11 is 0. The van der Waals surface area contributed by atoms with E-state index in [9.17, 15) is 43.2 Å². The Morgan fingerprint density at radius 3 is 0.870 bits per heavy atom. The second-order valence-electron chi connectivity index (χ2n) is 25.2. The highest BCUT2D eigenvalue weighted by atomic mass is 31.2. The Labute approximate surface area is 560 Å². The maximum absolute atomic E-state index is 13.0. The van der Waals surface area contributed by atoms with Gasteiger partial charge in [0, 0.05) is 25.7 Å². The molecule has 0 aliphatic carbocycles. The van der Waals surface area contributed by atoms with Crippen LogP contribution < -0.4 is 0 Å². The highest BCUT2D eigenvalue weighted by Crippen LogP contribution is 2.45. The molecule has 0 aliphatic heterocycles. The van der Waals surface area contributed by atoms with Crippen LogP contribution in [0.5, 0.6) is 0 Å². The topological polar surface area (TPSA) is 237 Å². The van der Waals surface area contributed by atoms with Crippen molar-refractivity contribution in [2.45, 2.75) is 367 Å². The molecule has 0 heterocycles. The standard InChI is InChI=1S/C73H136O17P2/c1-5-9-13-17-21-25-29-31-33-35-39-41-45-49-53-57-70(75)83-63-68(89-72(77)59-55-51-47-43-37-27-23-19-15-11-7-3)65-87-91(79,80)85-61-67(74)62-86-92(81,82)88-66-69(90-73(78)60-56-52-48-44-38-28-24-20-16-12-8-4)64-84-71(76)58-54-50-46-42-40-36-34-32-30-26-22-18-14-10-6-2/h9,13,21,25,31,33,67-69,74H,5-8,10-12,14-20,22-24,26-30,32,34-66H2,1-4H3,(H,79,80)(H,81,82)/b13-9-,25-21-,33-31-. The van der Waals surface area contributed by atoms with Crippen molar-refractivity contribution in [2.24, 2.45) is 0 Å². The van der Waals surface area contributed by atoms with E-state index in [0.29, 0.717) is 25.7 Å². The molecule has 0 aromatic heterocycles. The maximum atomic E-state index is 13.0. The Hall–Kier alpha value is -2.72. The molecule has 92 heavy (non-hydrogen) atoms. The van der Waals surface area contributed by atoms with E-state index < -0.39 is 97.5 Å². The van der Waals surface area contributed by atoms with E-state index in [1.54, 1.807) is 0 Å². The molecule has 0 spiro atoms. The Balaban J connectivity index is 5.25. The molecule has 0 saturated heterocycles. The lowest BCUT2D eigenvalue weighted by molar-refractivity contribution is -0.161. The summed E-state index contributed by atoms with van der Waals surface area (Å²) < 4.78 is 68.3. The summed E-state index contributed by atoms with van der Waals surface area (Å²) in [5.41, 5.74) is 0. The third kappa shape index (κ3) is 65.9. The van der Waals surface area contributed by atoms with Crippen molar-refractivity contribution in [1.82, 2.24) is 0 Å². The summed E-state index contributed by atoms with van der Waals surface area (Å²) in [6, 6.07) is 0. The molecule has 0 amide bonds. The molecule has 5 atom stereocenters. The van der Waals surface area contributed by atoms with Gasteiger partial charge in [-0.05, 0) is 57.8 Å². The highest BCUT2D eigenvalue weighted by molar-refractivity contribution is 7.47. The Morgan fingerprint density at radius 2 is 0.565 bits per heavy atom. The number of phosphoric ester groups is 2. The van der Waals surface area contributed by atoms with Crippen LogP contribution in [0.2, 0.25) is 0 Å². The van der Waals surface area contributed by atoms with E-state index in [0.717, 1.165) is 122 Å². The number of hydrogen-bond acceptors (Lipinski definition) is 15. The van der Waals surface area contributed by atoms with Gasteiger partial charge in [0.2, 0.25) is 0 Å². The van der Waals surface area contributed by atoms with Crippen molar-refractivity contribution < 1.29 is 80.2 Å². The van der Waals surface area contributed by atoms with Gasteiger partial charge in [0.05, 0.1) is 26.4 Å². The molecule has 0 aromatic carbocycles. The van der Waals surface area contributed by atoms with Crippen LogP contribution in [0.4, 0.5) is 0 Å². The number of aliphatic hydroxyl groups excluding tert-OH is 1. The van der Waals surface area contributed by atoms with Gasteiger partial charge in [0.15, 0.2) is 12.2 Å². The first-order valence-corrected chi connectivity index (χ1v) is 40.2. The Kier molecular flexibility index (Phi) is 64.9.